The Morgan fingerprint density at radius 1 is 1.04 bits per heavy atom. The van der Waals surface area contributed by atoms with Crippen molar-refractivity contribution in [2.45, 2.75) is 12.5 Å². The molecule has 0 fully saturated rings. The Morgan fingerprint density at radius 3 is 2.25 bits per heavy atom. The molecule has 0 saturated heterocycles. The van der Waals surface area contributed by atoms with E-state index >= 15 is 0 Å². The molecule has 0 amide bonds. The van der Waals surface area contributed by atoms with Gasteiger partial charge in [-0.2, -0.15) is 9.52 Å². The number of para-hydroxylation sites is 1. The lowest BCUT2D eigenvalue weighted by Crippen LogP contribution is -2.25. The molecule has 3 rings (SSSR count). The Balaban J connectivity index is 2.02. The molecule has 0 saturated carbocycles. The lowest BCUT2D eigenvalue weighted by atomic mass is 9.98. The minimum Gasteiger partial charge on any atom is -0.497 e. The summed E-state index contributed by atoms with van der Waals surface area (Å²) in [4.78, 5) is 0. The van der Waals surface area contributed by atoms with E-state index in [0.29, 0.717) is 29.1 Å². The zero-order valence-corrected chi connectivity index (χ0v) is 17.3. The Bertz CT molecular complexity index is 1110. The molecule has 2 aromatic carbocycles. The molecule has 0 bridgehead atoms. The molecule has 0 aromatic heterocycles. The minimum absolute atomic E-state index is 0.307. The van der Waals surface area contributed by atoms with Crippen molar-refractivity contribution in [2.24, 2.45) is 5.10 Å². The molecule has 0 radical (unpaired) electrons. The van der Waals surface area contributed by atoms with Crippen LogP contribution >= 0.6 is 0 Å². The number of hydrazone groups is 1. The van der Waals surface area contributed by atoms with E-state index in [0.717, 1.165) is 22.5 Å². The van der Waals surface area contributed by atoms with Gasteiger partial charge < -0.3 is 4.74 Å². The predicted octanol–water partition coefficient (Wildman–Crippen LogP) is 2.18. The Kier molecular flexibility index (Phi) is 5.35. The highest BCUT2D eigenvalue weighted by Gasteiger charge is 2.35. The van der Waals surface area contributed by atoms with Crippen molar-refractivity contribution in [3.05, 3.63) is 59.7 Å². The van der Waals surface area contributed by atoms with Gasteiger partial charge in [-0.1, -0.05) is 30.3 Å². The number of rotatable bonds is 6. The monoisotopic (exact) mass is 423 g/mol. The van der Waals surface area contributed by atoms with Crippen LogP contribution in [0, 0.1) is 0 Å². The third-order valence-electron chi connectivity index (χ3n) is 4.25. The van der Waals surface area contributed by atoms with E-state index in [-0.39, 0.29) is 0 Å². The molecule has 8 nitrogen and oxygen atoms in total. The van der Waals surface area contributed by atoms with Crippen LogP contribution in [0.5, 0.6) is 5.75 Å². The van der Waals surface area contributed by atoms with Crippen LogP contribution in [0.25, 0.3) is 0 Å². The van der Waals surface area contributed by atoms with Gasteiger partial charge in [-0.3, -0.25) is 4.72 Å². The van der Waals surface area contributed by atoms with Crippen LogP contribution in [0.4, 0.5) is 5.69 Å². The fraction of sp³-hybridized carbons (Fsp3) is 0.278. The van der Waals surface area contributed by atoms with E-state index in [4.69, 9.17) is 4.74 Å². The molecule has 0 unspecified atom stereocenters. The summed E-state index contributed by atoms with van der Waals surface area (Å²) in [6, 6.07) is 13.3. The van der Waals surface area contributed by atoms with E-state index in [1.165, 1.54) is 0 Å². The maximum atomic E-state index is 12.3. The number of hydrogen-bond acceptors (Lipinski definition) is 6. The van der Waals surface area contributed by atoms with Gasteiger partial charge in [-0.25, -0.2) is 16.8 Å². The van der Waals surface area contributed by atoms with Crippen molar-refractivity contribution < 1.29 is 21.6 Å². The van der Waals surface area contributed by atoms with Crippen molar-refractivity contribution in [3.63, 3.8) is 0 Å². The molecule has 1 aliphatic rings. The van der Waals surface area contributed by atoms with Crippen LogP contribution in [-0.2, 0) is 20.0 Å². The first kappa shape index (κ1) is 20.2. The summed E-state index contributed by atoms with van der Waals surface area (Å²) in [7, 11) is -5.57. The highest BCUT2D eigenvalue weighted by Crippen LogP contribution is 2.36. The minimum atomic E-state index is -3.63. The van der Waals surface area contributed by atoms with Gasteiger partial charge in [-0.15, -0.1) is 0 Å². The van der Waals surface area contributed by atoms with Crippen LogP contribution in [0.3, 0.4) is 0 Å². The van der Waals surface area contributed by atoms with Crippen molar-refractivity contribution in [3.8, 4) is 5.75 Å². The summed E-state index contributed by atoms with van der Waals surface area (Å²) in [6.45, 7) is 0. The first-order chi connectivity index (χ1) is 13.1. The van der Waals surface area contributed by atoms with Gasteiger partial charge >= 0.3 is 0 Å². The number of nitrogens with zero attached hydrogens (tertiary/aromatic N) is 2. The molecule has 1 N–H and O–H groups in total. The number of hydrogen-bond donors (Lipinski definition) is 1. The predicted molar refractivity (Wildman–Crippen MR) is 108 cm³/mol. The van der Waals surface area contributed by atoms with E-state index in [9.17, 15) is 16.8 Å². The van der Waals surface area contributed by atoms with Crippen molar-refractivity contribution in [2.75, 3.05) is 24.3 Å². The van der Waals surface area contributed by atoms with Crippen molar-refractivity contribution in [1.82, 2.24) is 4.41 Å². The van der Waals surface area contributed by atoms with Crippen LogP contribution in [0.2, 0.25) is 0 Å². The second-order valence-electron chi connectivity index (χ2n) is 6.50. The first-order valence-electron chi connectivity index (χ1n) is 8.36. The van der Waals surface area contributed by atoms with E-state index in [1.54, 1.807) is 55.6 Å². The number of anilines is 1. The third kappa shape index (κ3) is 4.45. The lowest BCUT2D eigenvalue weighted by molar-refractivity contribution is 0.374. The topological polar surface area (TPSA) is 105 Å². The third-order valence-corrected chi connectivity index (χ3v) is 5.85. The second-order valence-corrected chi connectivity index (χ2v) is 10.1. The van der Waals surface area contributed by atoms with Gasteiger partial charge in [0.25, 0.3) is 0 Å². The molecule has 1 heterocycles. The molecular weight excluding hydrogens is 402 g/mol. The maximum Gasteiger partial charge on any atom is 0.247 e. The Morgan fingerprint density at radius 2 is 1.68 bits per heavy atom. The summed E-state index contributed by atoms with van der Waals surface area (Å²) < 4.78 is 56.6. The molecular formula is C18H21N3O5S2. The molecule has 150 valence electrons. The normalized spacial score (nSPS) is 17.3. The lowest BCUT2D eigenvalue weighted by Gasteiger charge is -2.21. The van der Waals surface area contributed by atoms with Crippen LogP contribution < -0.4 is 9.46 Å². The largest absolute Gasteiger partial charge is 0.497 e. The van der Waals surface area contributed by atoms with Gasteiger partial charge in [0.15, 0.2) is 0 Å². The number of sulfonamides is 2. The first-order valence-corrected chi connectivity index (χ1v) is 12.1. The Hall–Kier alpha value is -2.59. The van der Waals surface area contributed by atoms with E-state index < -0.39 is 26.1 Å². The molecule has 0 spiro atoms. The molecule has 10 heteroatoms. The number of methoxy groups -OCH3 is 1. The fourth-order valence-corrected chi connectivity index (χ4v) is 4.54. The van der Waals surface area contributed by atoms with Gasteiger partial charge in [0, 0.05) is 12.0 Å². The summed E-state index contributed by atoms with van der Waals surface area (Å²) in [5, 5.41) is 4.32. The summed E-state index contributed by atoms with van der Waals surface area (Å²) in [5.41, 5.74) is 2.14. The zero-order chi connectivity index (χ0) is 20.5. The molecule has 1 aliphatic heterocycles. The number of benzene rings is 2. The highest BCUT2D eigenvalue weighted by molar-refractivity contribution is 7.92. The van der Waals surface area contributed by atoms with Crippen molar-refractivity contribution >= 4 is 31.4 Å². The fourth-order valence-electron chi connectivity index (χ4n) is 3.05. The number of ether oxygens (including phenoxy) is 1. The highest BCUT2D eigenvalue weighted by atomic mass is 32.2. The molecule has 0 aliphatic carbocycles. The van der Waals surface area contributed by atoms with E-state index in [2.05, 4.69) is 9.82 Å². The smallest absolute Gasteiger partial charge is 0.247 e. The summed E-state index contributed by atoms with van der Waals surface area (Å²) in [6.07, 6.45) is 2.46. The van der Waals surface area contributed by atoms with E-state index in [1.807, 2.05) is 0 Å². The van der Waals surface area contributed by atoms with Crippen LogP contribution in [-0.4, -0.2) is 46.6 Å². The van der Waals surface area contributed by atoms with Crippen LogP contribution in [0.1, 0.15) is 23.6 Å². The molecule has 2 aromatic rings. The van der Waals surface area contributed by atoms with Gasteiger partial charge in [0.2, 0.25) is 20.0 Å². The Labute approximate surface area is 164 Å². The number of nitrogens with one attached hydrogen (secondary N) is 1. The molecule has 1 atom stereocenters. The summed E-state index contributed by atoms with van der Waals surface area (Å²) in [5.74, 6) is 0.663. The van der Waals surface area contributed by atoms with Crippen LogP contribution in [0.15, 0.2) is 53.6 Å². The van der Waals surface area contributed by atoms with Gasteiger partial charge in [-0.05, 0) is 23.8 Å². The maximum absolute atomic E-state index is 12.3. The quantitative estimate of drug-likeness (QED) is 0.767. The SMILES string of the molecule is COc1ccc([C@H]2CC(c3ccccc3NS(C)(=O)=O)=NN2S(C)(=O)=O)cc1. The summed E-state index contributed by atoms with van der Waals surface area (Å²) >= 11 is 0. The van der Waals surface area contributed by atoms with Gasteiger partial charge in [0.1, 0.15) is 5.75 Å². The van der Waals surface area contributed by atoms with Gasteiger partial charge in [0.05, 0.1) is 37.1 Å². The average molecular weight is 424 g/mol. The standard InChI is InChI=1S/C18H21N3O5S2/c1-26-14-10-8-13(9-11-14)18-12-17(19-21(18)28(3,24)25)15-6-4-5-7-16(15)20-27(2,22)23/h4-11,18,20H,12H2,1-3H3/t18-/m1/s1. The molecule has 28 heavy (non-hydrogen) atoms. The average Bonchev–Trinajstić information content (AvgIpc) is 3.06. The second kappa shape index (κ2) is 7.44. The van der Waals surface area contributed by atoms with Crippen molar-refractivity contribution in [1.29, 1.82) is 0 Å². The zero-order valence-electron chi connectivity index (χ0n) is 15.7.